The highest BCUT2D eigenvalue weighted by atomic mass is 79.9. The van der Waals surface area contributed by atoms with Crippen molar-refractivity contribution >= 4 is 27.5 Å². The van der Waals surface area contributed by atoms with Crippen molar-refractivity contribution in [2.75, 3.05) is 0 Å². The number of nitrogens with one attached hydrogen (secondary N) is 1. The minimum Gasteiger partial charge on any atom is -0.348 e. The molecule has 1 aliphatic heterocycles. The van der Waals surface area contributed by atoms with Crippen LogP contribution in [0.5, 0.6) is 0 Å². The van der Waals surface area contributed by atoms with Crippen LogP contribution in [0.3, 0.4) is 0 Å². The number of carbonyl (C=O) groups is 1. The maximum Gasteiger partial charge on any atom is 0.417 e. The van der Waals surface area contributed by atoms with Gasteiger partial charge < -0.3 is 9.88 Å². The molecule has 0 saturated heterocycles. The van der Waals surface area contributed by atoms with Crippen molar-refractivity contribution in [3.05, 3.63) is 103 Å². The molecule has 1 amide bonds. The van der Waals surface area contributed by atoms with Crippen molar-refractivity contribution in [1.82, 2.24) is 29.0 Å². The lowest BCUT2D eigenvalue weighted by atomic mass is 9.97. The molecule has 6 rings (SSSR count). The highest BCUT2D eigenvalue weighted by molar-refractivity contribution is 9.10. The van der Waals surface area contributed by atoms with Crippen LogP contribution in [-0.4, -0.2) is 41.0 Å². The van der Waals surface area contributed by atoms with Gasteiger partial charge in [0.2, 0.25) is 0 Å². The lowest BCUT2D eigenvalue weighted by Gasteiger charge is -2.35. The molecule has 1 aliphatic rings. The van der Waals surface area contributed by atoms with E-state index in [1.54, 1.807) is 22.2 Å². The molecule has 5 aromatic rings. The van der Waals surface area contributed by atoms with Gasteiger partial charge in [0.15, 0.2) is 0 Å². The minimum absolute atomic E-state index is 0.0274. The number of benzene rings is 2. The number of hydrogen-bond acceptors (Lipinski definition) is 4. The summed E-state index contributed by atoms with van der Waals surface area (Å²) in [6.45, 7) is 7.87. The first-order valence-corrected chi connectivity index (χ1v) is 15.1. The molecule has 0 fully saturated rings. The summed E-state index contributed by atoms with van der Waals surface area (Å²) in [4.78, 5) is 37.0. The number of amides is 1. The highest BCUT2D eigenvalue weighted by Crippen LogP contribution is 2.36. The van der Waals surface area contributed by atoms with Crippen LogP contribution in [0.2, 0.25) is 0 Å². The third kappa shape index (κ3) is 5.25. The molecule has 12 heteroatoms. The number of fused-ring (bicyclic) bond motifs is 3. The van der Waals surface area contributed by atoms with Gasteiger partial charge in [-0.25, -0.2) is 9.50 Å². The van der Waals surface area contributed by atoms with Crippen LogP contribution in [0.15, 0.2) is 64.1 Å². The number of alkyl halides is 3. The summed E-state index contributed by atoms with van der Waals surface area (Å²) in [6.07, 6.45) is -0.143. The Morgan fingerprint density at radius 1 is 1.16 bits per heavy atom. The van der Waals surface area contributed by atoms with Gasteiger partial charge >= 0.3 is 6.18 Å². The van der Waals surface area contributed by atoms with Crippen molar-refractivity contribution in [3.63, 3.8) is 0 Å². The molecule has 1 atom stereocenters. The van der Waals surface area contributed by atoms with E-state index in [2.05, 4.69) is 44.8 Å². The Morgan fingerprint density at radius 2 is 1.89 bits per heavy atom. The number of imidazole rings is 1. The number of nitrogens with zero attached hydrogens (tertiary/aromatic N) is 5. The third-order valence-corrected chi connectivity index (χ3v) is 8.67. The van der Waals surface area contributed by atoms with Gasteiger partial charge in [-0.05, 0) is 62.9 Å². The van der Waals surface area contributed by atoms with E-state index in [0.717, 1.165) is 28.7 Å². The van der Waals surface area contributed by atoms with E-state index >= 15 is 0 Å². The molecule has 228 valence electrons. The summed E-state index contributed by atoms with van der Waals surface area (Å²) in [7, 11) is 0. The van der Waals surface area contributed by atoms with E-state index in [0.29, 0.717) is 29.0 Å². The lowest BCUT2D eigenvalue weighted by Crippen LogP contribution is -2.46. The Kier molecular flexibility index (Phi) is 7.51. The van der Waals surface area contributed by atoms with Crippen LogP contribution in [0.1, 0.15) is 59.3 Å². The smallest absolute Gasteiger partial charge is 0.348 e. The van der Waals surface area contributed by atoms with E-state index in [9.17, 15) is 22.8 Å². The molecule has 0 aliphatic carbocycles. The van der Waals surface area contributed by atoms with Crippen molar-refractivity contribution in [2.45, 2.75) is 59.3 Å². The van der Waals surface area contributed by atoms with Gasteiger partial charge in [0.05, 0.1) is 35.4 Å². The van der Waals surface area contributed by atoms with Crippen LogP contribution >= 0.6 is 15.9 Å². The van der Waals surface area contributed by atoms with Crippen LogP contribution in [0.4, 0.5) is 13.2 Å². The number of aryl methyl sites for hydroxylation is 1. The summed E-state index contributed by atoms with van der Waals surface area (Å²) in [5.41, 5.74) is 3.74. The number of aromatic amines is 1. The van der Waals surface area contributed by atoms with E-state index < -0.39 is 23.7 Å². The number of carbonyl (C=O) groups excluding carboxylic acids is 1. The number of halogens is 4. The van der Waals surface area contributed by atoms with Crippen LogP contribution in [-0.2, 0) is 25.6 Å². The standard InChI is InChI=1S/C32H30BrF3N6O2/c1-17(2)11-22-14-38-42-28-16-40(30(43)21-7-10-26(33)25(13-21)32(34,35)36)18(3)12-24(28)31(44)41(29(22)42)23-8-5-20(6-9-23)27-15-37-19(4)39-27/h5-10,13-15,17-18H,11-12,16H2,1-4H3,(H,37,39)/t18-/m1/s1. The Bertz CT molecular complexity index is 1960. The number of hydrogen-bond donors (Lipinski definition) is 1. The van der Waals surface area contributed by atoms with Gasteiger partial charge in [-0.15, -0.1) is 0 Å². The van der Waals surface area contributed by atoms with Crippen LogP contribution in [0, 0.1) is 12.8 Å². The Morgan fingerprint density at radius 3 is 2.52 bits per heavy atom. The largest absolute Gasteiger partial charge is 0.417 e. The zero-order valence-electron chi connectivity index (χ0n) is 24.5. The normalized spacial score (nSPS) is 15.3. The van der Waals surface area contributed by atoms with Gasteiger partial charge in [0.1, 0.15) is 11.5 Å². The van der Waals surface area contributed by atoms with Gasteiger partial charge in [-0.2, -0.15) is 18.3 Å². The van der Waals surface area contributed by atoms with Crippen molar-refractivity contribution in [3.8, 4) is 16.9 Å². The summed E-state index contributed by atoms with van der Waals surface area (Å²) in [5, 5.41) is 4.68. The molecule has 0 radical (unpaired) electrons. The first-order valence-electron chi connectivity index (χ1n) is 14.3. The van der Waals surface area contributed by atoms with Gasteiger partial charge in [-0.1, -0.05) is 41.9 Å². The van der Waals surface area contributed by atoms with E-state index in [1.165, 1.54) is 17.0 Å². The fourth-order valence-electron chi connectivity index (χ4n) is 5.87. The molecule has 8 nitrogen and oxygen atoms in total. The Labute approximate surface area is 259 Å². The van der Waals surface area contributed by atoms with Gasteiger partial charge in [0, 0.05) is 39.0 Å². The predicted molar refractivity (Wildman–Crippen MR) is 164 cm³/mol. The lowest BCUT2D eigenvalue weighted by molar-refractivity contribution is -0.138. The predicted octanol–water partition coefficient (Wildman–Crippen LogP) is 6.75. The fraction of sp³-hybridized carbons (Fsp3) is 0.312. The molecule has 4 heterocycles. The number of rotatable bonds is 5. The SMILES string of the molecule is Cc1nc(-c2ccc(-n3c(=O)c4c(n5ncc(CC(C)C)c35)CN(C(=O)c3ccc(Br)c(C(F)(F)F)c3)[C@H](C)C4)cc2)c[nH]1. The maximum absolute atomic E-state index is 14.3. The monoisotopic (exact) mass is 666 g/mol. The van der Waals surface area contributed by atoms with E-state index in [4.69, 9.17) is 0 Å². The van der Waals surface area contributed by atoms with E-state index in [1.807, 2.05) is 37.4 Å². The quantitative estimate of drug-likeness (QED) is 0.225. The Balaban J connectivity index is 1.46. The molecule has 3 aromatic heterocycles. The second-order valence-electron chi connectivity index (χ2n) is 11.7. The molecular formula is C32H30BrF3N6O2. The highest BCUT2D eigenvalue weighted by Gasteiger charge is 2.36. The topological polar surface area (TPSA) is 88.3 Å². The minimum atomic E-state index is -4.62. The van der Waals surface area contributed by atoms with E-state index in [-0.39, 0.29) is 34.5 Å². The van der Waals surface area contributed by atoms with Gasteiger partial charge in [0.25, 0.3) is 11.5 Å². The average Bonchev–Trinajstić information content (AvgIpc) is 3.59. The molecule has 0 spiro atoms. The number of H-pyrrole nitrogens is 1. The van der Waals surface area contributed by atoms with Crippen LogP contribution in [0.25, 0.3) is 22.6 Å². The summed E-state index contributed by atoms with van der Waals surface area (Å²) >= 11 is 2.94. The zero-order chi connectivity index (χ0) is 31.5. The van der Waals surface area contributed by atoms with Crippen LogP contribution < -0.4 is 5.56 Å². The van der Waals surface area contributed by atoms with Crippen molar-refractivity contribution < 1.29 is 18.0 Å². The second kappa shape index (κ2) is 11.1. The first kappa shape index (κ1) is 29.9. The molecule has 0 bridgehead atoms. The maximum atomic E-state index is 14.3. The summed E-state index contributed by atoms with van der Waals surface area (Å²) in [6, 6.07) is 10.6. The second-order valence-corrected chi connectivity index (χ2v) is 12.5. The molecular weight excluding hydrogens is 637 g/mol. The van der Waals surface area contributed by atoms with Crippen molar-refractivity contribution in [2.24, 2.45) is 5.92 Å². The van der Waals surface area contributed by atoms with Crippen molar-refractivity contribution in [1.29, 1.82) is 0 Å². The molecule has 0 saturated carbocycles. The molecule has 0 unspecified atom stereocenters. The van der Waals surface area contributed by atoms with Gasteiger partial charge in [-0.3, -0.25) is 14.2 Å². The molecule has 2 aromatic carbocycles. The fourth-order valence-corrected chi connectivity index (χ4v) is 6.34. The molecule has 1 N–H and O–H groups in total. The summed E-state index contributed by atoms with van der Waals surface area (Å²) < 4.78 is 44.1. The zero-order valence-corrected chi connectivity index (χ0v) is 26.1. The Hall–Kier alpha value is -4.19. The number of aromatic nitrogens is 5. The average molecular weight is 668 g/mol. The summed E-state index contributed by atoms with van der Waals surface area (Å²) in [5.74, 6) is 0.542. The third-order valence-electron chi connectivity index (χ3n) is 7.98. The first-order chi connectivity index (χ1) is 20.8. The molecule has 44 heavy (non-hydrogen) atoms.